The molecule has 0 spiro atoms. The maximum Gasteiger partial charge on any atom is 0.238 e. The highest BCUT2D eigenvalue weighted by atomic mass is 32.2. The van der Waals surface area contributed by atoms with Crippen LogP contribution in [0, 0.1) is 13.8 Å². The smallest absolute Gasteiger partial charge is 0.238 e. The minimum Gasteiger partial charge on any atom is -0.352 e. The fourth-order valence-corrected chi connectivity index (χ4v) is 3.40. The van der Waals surface area contributed by atoms with Gasteiger partial charge in [0.1, 0.15) is 5.25 Å². The van der Waals surface area contributed by atoms with Crippen LogP contribution in [0.5, 0.6) is 0 Å². The Morgan fingerprint density at radius 1 is 1.35 bits per heavy atom. The van der Waals surface area contributed by atoms with E-state index in [1.165, 1.54) is 6.92 Å². The minimum atomic E-state index is -3.48. The molecule has 1 aliphatic rings. The van der Waals surface area contributed by atoms with Gasteiger partial charge in [-0.15, -0.1) is 0 Å². The molecule has 0 heterocycles. The van der Waals surface area contributed by atoms with Crippen molar-refractivity contribution >= 4 is 15.7 Å². The molecule has 0 aromatic heterocycles. The van der Waals surface area contributed by atoms with E-state index in [1.807, 2.05) is 32.0 Å². The molecule has 4 nitrogen and oxygen atoms in total. The summed E-state index contributed by atoms with van der Waals surface area (Å²) in [5.74, 6) is -0.461. The minimum absolute atomic E-state index is 0.0836. The summed E-state index contributed by atoms with van der Waals surface area (Å²) in [6.07, 6.45) is 1.91. The van der Waals surface area contributed by atoms with Crippen LogP contribution in [0.25, 0.3) is 0 Å². The van der Waals surface area contributed by atoms with Crippen molar-refractivity contribution < 1.29 is 13.2 Å². The van der Waals surface area contributed by atoms with Crippen molar-refractivity contribution in [2.24, 2.45) is 0 Å². The topological polar surface area (TPSA) is 63.2 Å². The highest BCUT2D eigenvalue weighted by molar-refractivity contribution is 7.92. The zero-order chi connectivity index (χ0) is 14.9. The monoisotopic (exact) mass is 295 g/mol. The number of aryl methyl sites for hydroxylation is 2. The first-order chi connectivity index (χ1) is 9.29. The zero-order valence-electron chi connectivity index (χ0n) is 12.1. The van der Waals surface area contributed by atoms with Gasteiger partial charge in [-0.1, -0.05) is 23.8 Å². The van der Waals surface area contributed by atoms with Gasteiger partial charge in [-0.3, -0.25) is 4.79 Å². The third-order valence-electron chi connectivity index (χ3n) is 3.69. The van der Waals surface area contributed by atoms with Crippen molar-refractivity contribution in [3.63, 3.8) is 0 Å². The summed E-state index contributed by atoms with van der Waals surface area (Å²) in [7, 11) is -3.48. The summed E-state index contributed by atoms with van der Waals surface area (Å²) >= 11 is 0. The lowest BCUT2D eigenvalue weighted by Gasteiger charge is -2.14. The molecule has 1 unspecified atom stereocenters. The second kappa shape index (κ2) is 5.56. The molecule has 0 aliphatic heterocycles. The molecule has 20 heavy (non-hydrogen) atoms. The normalized spacial score (nSPS) is 16.8. The summed E-state index contributed by atoms with van der Waals surface area (Å²) in [5.41, 5.74) is 2.74. The van der Waals surface area contributed by atoms with E-state index in [9.17, 15) is 13.2 Å². The van der Waals surface area contributed by atoms with Crippen LogP contribution >= 0.6 is 0 Å². The molecular weight excluding hydrogens is 274 g/mol. The molecule has 0 radical (unpaired) electrons. The van der Waals surface area contributed by atoms with Crippen LogP contribution < -0.4 is 5.32 Å². The Labute approximate surface area is 120 Å². The average molecular weight is 295 g/mol. The quantitative estimate of drug-likeness (QED) is 0.902. The molecule has 1 fully saturated rings. The van der Waals surface area contributed by atoms with E-state index >= 15 is 0 Å². The first-order valence-electron chi connectivity index (χ1n) is 6.87. The highest BCUT2D eigenvalue weighted by Crippen LogP contribution is 2.21. The molecule has 1 amide bonds. The molecule has 1 aromatic rings. The zero-order valence-corrected chi connectivity index (χ0v) is 13.0. The lowest BCUT2D eigenvalue weighted by atomic mass is 10.1. The Kier molecular flexibility index (Phi) is 4.18. The number of sulfone groups is 1. The van der Waals surface area contributed by atoms with Gasteiger partial charge in [-0.05, 0) is 44.7 Å². The van der Waals surface area contributed by atoms with E-state index in [1.54, 1.807) is 0 Å². The first-order valence-corrected chi connectivity index (χ1v) is 8.59. The molecule has 0 saturated heterocycles. The standard InChI is InChI=1S/C15H21NO3S/c1-10-4-5-11(2)13(8-10)9-20(18,19)12(3)15(17)16-14-6-7-14/h4-5,8,12,14H,6-7,9H2,1-3H3,(H,16,17). The third-order valence-corrected chi connectivity index (χ3v) is 5.70. The lowest BCUT2D eigenvalue weighted by Crippen LogP contribution is -2.39. The van der Waals surface area contributed by atoms with Crippen molar-refractivity contribution in [2.45, 2.75) is 50.7 Å². The van der Waals surface area contributed by atoms with Crippen molar-refractivity contribution in [3.05, 3.63) is 34.9 Å². The van der Waals surface area contributed by atoms with Gasteiger partial charge in [0.15, 0.2) is 9.84 Å². The highest BCUT2D eigenvalue weighted by Gasteiger charge is 2.32. The first kappa shape index (κ1) is 15.0. The van der Waals surface area contributed by atoms with Crippen LogP contribution in [0.3, 0.4) is 0 Å². The van der Waals surface area contributed by atoms with Gasteiger partial charge in [-0.25, -0.2) is 8.42 Å². The second-order valence-electron chi connectivity index (χ2n) is 5.66. The molecule has 1 aromatic carbocycles. The molecule has 1 aliphatic carbocycles. The fraction of sp³-hybridized carbons (Fsp3) is 0.533. The fourth-order valence-electron chi connectivity index (χ4n) is 2.01. The molecule has 0 bridgehead atoms. The van der Waals surface area contributed by atoms with Crippen molar-refractivity contribution in [2.75, 3.05) is 0 Å². The number of amides is 1. The van der Waals surface area contributed by atoms with Gasteiger partial charge in [0, 0.05) is 6.04 Å². The number of hydrogen-bond donors (Lipinski definition) is 1. The molecular formula is C15H21NO3S. The molecule has 110 valence electrons. The van der Waals surface area contributed by atoms with E-state index < -0.39 is 15.1 Å². The Bertz CT molecular complexity index is 618. The molecule has 2 rings (SSSR count). The SMILES string of the molecule is Cc1ccc(C)c(CS(=O)(=O)C(C)C(=O)NC2CC2)c1. The number of carbonyl (C=O) groups is 1. The van der Waals surface area contributed by atoms with Crippen LogP contribution in [0.15, 0.2) is 18.2 Å². The Morgan fingerprint density at radius 3 is 2.60 bits per heavy atom. The van der Waals surface area contributed by atoms with Gasteiger partial charge in [0.25, 0.3) is 0 Å². The summed E-state index contributed by atoms with van der Waals surface area (Å²) in [6, 6.07) is 5.92. The lowest BCUT2D eigenvalue weighted by molar-refractivity contribution is -0.120. The second-order valence-corrected chi connectivity index (χ2v) is 7.98. The molecule has 5 heteroatoms. The van der Waals surface area contributed by atoms with Crippen LogP contribution in [-0.2, 0) is 20.4 Å². The largest absolute Gasteiger partial charge is 0.352 e. The number of benzene rings is 1. The summed E-state index contributed by atoms with van der Waals surface area (Å²) in [6.45, 7) is 5.29. The van der Waals surface area contributed by atoms with E-state index in [-0.39, 0.29) is 17.7 Å². The maximum atomic E-state index is 12.3. The van der Waals surface area contributed by atoms with E-state index in [0.29, 0.717) is 0 Å². The Balaban J connectivity index is 2.13. The summed E-state index contributed by atoms with van der Waals surface area (Å²) in [4.78, 5) is 11.9. The summed E-state index contributed by atoms with van der Waals surface area (Å²) < 4.78 is 24.7. The number of hydrogen-bond acceptors (Lipinski definition) is 3. The van der Waals surface area contributed by atoms with Gasteiger partial charge in [0.05, 0.1) is 5.75 Å². The van der Waals surface area contributed by atoms with Crippen molar-refractivity contribution in [1.82, 2.24) is 5.32 Å². The van der Waals surface area contributed by atoms with E-state index in [2.05, 4.69) is 5.32 Å². The maximum absolute atomic E-state index is 12.3. The van der Waals surface area contributed by atoms with Gasteiger partial charge >= 0.3 is 0 Å². The van der Waals surface area contributed by atoms with E-state index in [4.69, 9.17) is 0 Å². The van der Waals surface area contributed by atoms with Crippen molar-refractivity contribution in [1.29, 1.82) is 0 Å². The van der Waals surface area contributed by atoms with Crippen LogP contribution in [0.1, 0.15) is 36.5 Å². The number of rotatable bonds is 5. The van der Waals surface area contributed by atoms with Gasteiger partial charge in [0.2, 0.25) is 5.91 Å². The number of nitrogens with one attached hydrogen (secondary N) is 1. The third kappa shape index (κ3) is 3.60. The van der Waals surface area contributed by atoms with E-state index in [0.717, 1.165) is 29.5 Å². The predicted molar refractivity (Wildman–Crippen MR) is 79.2 cm³/mol. The Hall–Kier alpha value is -1.36. The molecule has 1 N–H and O–H groups in total. The molecule has 1 atom stereocenters. The van der Waals surface area contributed by atoms with Crippen LogP contribution in [0.2, 0.25) is 0 Å². The summed E-state index contributed by atoms with van der Waals surface area (Å²) in [5, 5.41) is 1.76. The predicted octanol–water partition coefficient (Wildman–Crippen LogP) is 1.89. The average Bonchev–Trinajstić information content (AvgIpc) is 3.16. The van der Waals surface area contributed by atoms with Crippen molar-refractivity contribution in [3.8, 4) is 0 Å². The van der Waals surface area contributed by atoms with Crippen LogP contribution in [-0.4, -0.2) is 25.6 Å². The van der Waals surface area contributed by atoms with Gasteiger partial charge < -0.3 is 5.32 Å². The molecule has 1 saturated carbocycles. The van der Waals surface area contributed by atoms with Crippen LogP contribution in [0.4, 0.5) is 0 Å². The number of carbonyl (C=O) groups excluding carboxylic acids is 1. The Morgan fingerprint density at radius 2 is 2.00 bits per heavy atom. The van der Waals surface area contributed by atoms with Gasteiger partial charge in [-0.2, -0.15) is 0 Å².